The highest BCUT2D eigenvalue weighted by Crippen LogP contribution is 2.29. The maximum absolute atomic E-state index is 13.7. The first-order valence-corrected chi connectivity index (χ1v) is 7.39. The van der Waals surface area contributed by atoms with Crippen LogP contribution in [0.3, 0.4) is 0 Å². The Bertz CT molecular complexity index is 870. The van der Waals surface area contributed by atoms with Gasteiger partial charge in [0.05, 0.1) is 6.20 Å². The second-order valence-electron chi connectivity index (χ2n) is 5.07. The van der Waals surface area contributed by atoms with Crippen molar-refractivity contribution in [3.63, 3.8) is 0 Å². The van der Waals surface area contributed by atoms with Crippen LogP contribution in [0, 0.1) is 11.6 Å². The fourth-order valence-corrected chi connectivity index (χ4v) is 2.31. The molecule has 6 heteroatoms. The van der Waals surface area contributed by atoms with Crippen molar-refractivity contribution in [1.29, 1.82) is 0 Å². The number of ketones is 1. The number of para-hydroxylation sites is 1. The molecule has 0 saturated heterocycles. The number of carbonyl (C=O) groups is 1. The summed E-state index contributed by atoms with van der Waals surface area (Å²) in [7, 11) is 0. The van der Waals surface area contributed by atoms with Gasteiger partial charge in [0.15, 0.2) is 11.5 Å². The molecule has 0 aliphatic rings. The van der Waals surface area contributed by atoms with Gasteiger partial charge < -0.3 is 9.73 Å². The average Bonchev–Trinajstić information content (AvgIpc) is 3.06. The highest BCUT2D eigenvalue weighted by molar-refractivity contribution is 6.01. The summed E-state index contributed by atoms with van der Waals surface area (Å²) in [5.74, 6) is -1.20. The summed E-state index contributed by atoms with van der Waals surface area (Å²) >= 11 is 0. The molecule has 0 fully saturated rings. The van der Waals surface area contributed by atoms with E-state index in [0.29, 0.717) is 23.3 Å². The summed E-state index contributed by atoms with van der Waals surface area (Å²) < 4.78 is 32.8. The minimum Gasteiger partial charge on any atom is -0.423 e. The Morgan fingerprint density at radius 2 is 1.83 bits per heavy atom. The van der Waals surface area contributed by atoms with E-state index in [-0.39, 0.29) is 17.5 Å². The Labute approximate surface area is 137 Å². The molecular formula is C18H14F2N2O2. The molecule has 122 valence electrons. The fourth-order valence-electron chi connectivity index (χ4n) is 2.31. The van der Waals surface area contributed by atoms with Gasteiger partial charge in [-0.2, -0.15) is 0 Å². The van der Waals surface area contributed by atoms with Crippen LogP contribution in [-0.2, 0) is 0 Å². The molecule has 0 atom stereocenters. The minimum atomic E-state index is -0.753. The number of aromatic nitrogens is 1. The molecular weight excluding hydrogens is 314 g/mol. The van der Waals surface area contributed by atoms with Gasteiger partial charge in [-0.15, -0.1) is 0 Å². The Morgan fingerprint density at radius 1 is 1.12 bits per heavy atom. The number of halogens is 2. The number of hydrogen-bond acceptors (Lipinski definition) is 4. The maximum atomic E-state index is 13.7. The minimum absolute atomic E-state index is 0.0309. The van der Waals surface area contributed by atoms with Crippen LogP contribution in [0.25, 0.3) is 11.3 Å². The number of Topliss-reactive ketones (excluding diaryl/α,β-unsaturated/α-hetero) is 1. The van der Waals surface area contributed by atoms with E-state index < -0.39 is 11.6 Å². The Balaban J connectivity index is 1.94. The topological polar surface area (TPSA) is 55.1 Å². The summed E-state index contributed by atoms with van der Waals surface area (Å²) in [6.07, 6.45) is 1.76. The van der Waals surface area contributed by atoms with Crippen LogP contribution >= 0.6 is 0 Å². The molecule has 24 heavy (non-hydrogen) atoms. The van der Waals surface area contributed by atoms with E-state index in [9.17, 15) is 13.6 Å². The zero-order chi connectivity index (χ0) is 17.1. The second-order valence-corrected chi connectivity index (χ2v) is 5.07. The van der Waals surface area contributed by atoms with Crippen molar-refractivity contribution in [2.75, 3.05) is 5.32 Å². The summed E-state index contributed by atoms with van der Waals surface area (Å²) in [6, 6.07) is 10.4. The van der Waals surface area contributed by atoms with Crippen LogP contribution in [0.2, 0.25) is 0 Å². The van der Waals surface area contributed by atoms with Crippen LogP contribution in [-0.4, -0.2) is 10.8 Å². The molecule has 0 radical (unpaired) electrons. The number of rotatable bonds is 5. The number of nitrogens with one attached hydrogen (secondary N) is 1. The quantitative estimate of drug-likeness (QED) is 0.673. The monoisotopic (exact) mass is 328 g/mol. The van der Waals surface area contributed by atoms with Gasteiger partial charge in [-0.05, 0) is 12.1 Å². The number of hydrogen-bond donors (Lipinski definition) is 1. The zero-order valence-corrected chi connectivity index (χ0v) is 12.8. The molecule has 0 saturated carbocycles. The van der Waals surface area contributed by atoms with Crippen molar-refractivity contribution in [2.24, 2.45) is 0 Å². The van der Waals surface area contributed by atoms with E-state index in [1.165, 1.54) is 12.3 Å². The van der Waals surface area contributed by atoms with E-state index in [0.717, 1.165) is 12.1 Å². The number of anilines is 2. The number of nitrogens with zero attached hydrogens (tertiary/aromatic N) is 1. The van der Waals surface area contributed by atoms with Crippen molar-refractivity contribution >= 4 is 17.5 Å². The standard InChI is InChI=1S/C18H14F2N2O2/c1-2-15(23)11-6-3-4-7-12(11)16-10-21-18(24-16)22-17-13(19)8-5-9-14(17)20/h3-10H,2H2,1H3,(H,21,22). The molecule has 2 aromatic carbocycles. The van der Waals surface area contributed by atoms with Crippen LogP contribution < -0.4 is 5.32 Å². The van der Waals surface area contributed by atoms with Gasteiger partial charge in [0, 0.05) is 17.5 Å². The van der Waals surface area contributed by atoms with Crippen molar-refractivity contribution in [1.82, 2.24) is 4.98 Å². The molecule has 4 nitrogen and oxygen atoms in total. The smallest absolute Gasteiger partial charge is 0.299 e. The average molecular weight is 328 g/mol. The summed E-state index contributed by atoms with van der Waals surface area (Å²) in [5, 5.41) is 2.48. The third-order valence-corrected chi connectivity index (χ3v) is 3.51. The largest absolute Gasteiger partial charge is 0.423 e. The lowest BCUT2D eigenvalue weighted by Gasteiger charge is -2.06. The van der Waals surface area contributed by atoms with Crippen molar-refractivity contribution in [3.05, 3.63) is 65.9 Å². The second kappa shape index (κ2) is 6.62. The van der Waals surface area contributed by atoms with Crippen LogP contribution in [0.4, 0.5) is 20.5 Å². The number of benzene rings is 2. The van der Waals surface area contributed by atoms with E-state index in [4.69, 9.17) is 4.42 Å². The van der Waals surface area contributed by atoms with Crippen LogP contribution in [0.15, 0.2) is 53.1 Å². The van der Waals surface area contributed by atoms with Gasteiger partial charge in [0.2, 0.25) is 0 Å². The SMILES string of the molecule is CCC(=O)c1ccccc1-c1cnc(Nc2c(F)cccc2F)o1. The lowest BCUT2D eigenvalue weighted by atomic mass is 10.0. The van der Waals surface area contributed by atoms with Crippen molar-refractivity contribution in [3.8, 4) is 11.3 Å². The van der Waals surface area contributed by atoms with Crippen LogP contribution in [0.5, 0.6) is 0 Å². The van der Waals surface area contributed by atoms with E-state index in [1.54, 1.807) is 31.2 Å². The van der Waals surface area contributed by atoms with E-state index in [1.807, 2.05) is 0 Å². The lowest BCUT2D eigenvalue weighted by molar-refractivity contribution is 0.0988. The zero-order valence-electron chi connectivity index (χ0n) is 12.8. The fraction of sp³-hybridized carbons (Fsp3) is 0.111. The molecule has 0 unspecified atom stereocenters. The predicted molar refractivity (Wildman–Crippen MR) is 86.2 cm³/mol. The molecule has 1 N–H and O–H groups in total. The normalized spacial score (nSPS) is 10.6. The summed E-state index contributed by atoms with van der Waals surface area (Å²) in [6.45, 7) is 1.77. The van der Waals surface area contributed by atoms with E-state index in [2.05, 4.69) is 10.3 Å². The van der Waals surface area contributed by atoms with Crippen LogP contribution in [0.1, 0.15) is 23.7 Å². The van der Waals surface area contributed by atoms with Crippen molar-refractivity contribution < 1.29 is 18.0 Å². The molecule has 1 aromatic heterocycles. The molecule has 0 amide bonds. The first-order valence-electron chi connectivity index (χ1n) is 7.39. The Hall–Kier alpha value is -3.02. The molecule has 0 bridgehead atoms. The summed E-state index contributed by atoms with van der Waals surface area (Å²) in [5.41, 5.74) is 0.752. The first kappa shape index (κ1) is 15.9. The molecule has 0 spiro atoms. The molecule has 1 heterocycles. The van der Waals surface area contributed by atoms with Gasteiger partial charge >= 0.3 is 0 Å². The van der Waals surface area contributed by atoms with Gasteiger partial charge in [0.1, 0.15) is 17.3 Å². The van der Waals surface area contributed by atoms with E-state index >= 15 is 0 Å². The highest BCUT2D eigenvalue weighted by Gasteiger charge is 2.16. The Morgan fingerprint density at radius 3 is 2.54 bits per heavy atom. The maximum Gasteiger partial charge on any atom is 0.299 e. The number of carbonyl (C=O) groups excluding carboxylic acids is 1. The predicted octanol–water partition coefficient (Wildman–Crippen LogP) is 4.96. The van der Waals surface area contributed by atoms with Gasteiger partial charge in [-0.3, -0.25) is 4.79 Å². The lowest BCUT2D eigenvalue weighted by Crippen LogP contribution is -1.99. The first-order chi connectivity index (χ1) is 11.6. The molecule has 0 aliphatic carbocycles. The third-order valence-electron chi connectivity index (χ3n) is 3.51. The van der Waals surface area contributed by atoms with Gasteiger partial charge in [-0.1, -0.05) is 37.3 Å². The molecule has 0 aliphatic heterocycles. The highest BCUT2D eigenvalue weighted by atomic mass is 19.1. The molecule has 3 rings (SSSR count). The summed E-state index contributed by atoms with van der Waals surface area (Å²) in [4.78, 5) is 16.0. The molecule has 3 aromatic rings. The van der Waals surface area contributed by atoms with Crippen molar-refractivity contribution in [2.45, 2.75) is 13.3 Å². The third kappa shape index (κ3) is 3.03. The Kier molecular flexibility index (Phi) is 4.37. The van der Waals surface area contributed by atoms with Gasteiger partial charge in [0.25, 0.3) is 6.01 Å². The van der Waals surface area contributed by atoms with Gasteiger partial charge in [-0.25, -0.2) is 13.8 Å². The number of oxazole rings is 1.